The molecule has 23 heavy (non-hydrogen) atoms. The van der Waals surface area contributed by atoms with Crippen LogP contribution in [0.15, 0.2) is 41.7 Å². The second kappa shape index (κ2) is 5.95. The van der Waals surface area contributed by atoms with Gasteiger partial charge in [0.05, 0.1) is 24.0 Å². The van der Waals surface area contributed by atoms with Crippen LogP contribution in [-0.2, 0) is 17.1 Å². The van der Waals surface area contributed by atoms with Crippen LogP contribution >= 0.6 is 0 Å². The highest BCUT2D eigenvalue weighted by atomic mass is 32.2. The molecule has 0 bridgehead atoms. The van der Waals surface area contributed by atoms with Crippen molar-refractivity contribution in [2.75, 3.05) is 20.2 Å². The lowest BCUT2D eigenvalue weighted by molar-refractivity contribution is 0.412. The van der Waals surface area contributed by atoms with Crippen LogP contribution in [-0.4, -0.2) is 48.5 Å². The van der Waals surface area contributed by atoms with Crippen molar-refractivity contribution in [3.8, 4) is 5.75 Å². The van der Waals surface area contributed by atoms with Crippen molar-refractivity contribution < 1.29 is 13.2 Å². The first-order valence-electron chi connectivity index (χ1n) is 7.29. The predicted molar refractivity (Wildman–Crippen MR) is 85.7 cm³/mol. The van der Waals surface area contributed by atoms with Crippen LogP contribution in [0.2, 0.25) is 0 Å². The lowest BCUT2D eigenvalue weighted by Gasteiger charge is -2.16. The molecular weight excluding hydrogens is 316 g/mol. The fraction of sp³-hybridized carbons (Fsp3) is 0.400. The SMILES string of the molecule is COc1cccc(S(=O)(=O)N2C[C@@H](N)[C@H](c3cn(C)cn3)C2)c1. The van der Waals surface area contributed by atoms with E-state index in [2.05, 4.69) is 4.98 Å². The van der Waals surface area contributed by atoms with Gasteiger partial charge >= 0.3 is 0 Å². The third-order valence-electron chi connectivity index (χ3n) is 4.12. The van der Waals surface area contributed by atoms with Crippen molar-refractivity contribution in [2.24, 2.45) is 12.8 Å². The highest BCUT2D eigenvalue weighted by molar-refractivity contribution is 7.89. The number of ether oxygens (including phenoxy) is 1. The van der Waals surface area contributed by atoms with Gasteiger partial charge in [0.2, 0.25) is 10.0 Å². The van der Waals surface area contributed by atoms with E-state index < -0.39 is 10.0 Å². The topological polar surface area (TPSA) is 90.5 Å². The van der Waals surface area contributed by atoms with Gasteiger partial charge in [-0.25, -0.2) is 13.4 Å². The first-order chi connectivity index (χ1) is 10.9. The van der Waals surface area contributed by atoms with E-state index in [9.17, 15) is 8.42 Å². The van der Waals surface area contributed by atoms with E-state index in [4.69, 9.17) is 10.5 Å². The van der Waals surface area contributed by atoms with Gasteiger partial charge in [-0.2, -0.15) is 4.31 Å². The number of nitrogens with zero attached hydrogens (tertiary/aromatic N) is 3. The molecule has 1 aromatic carbocycles. The molecule has 7 nitrogen and oxygen atoms in total. The minimum absolute atomic E-state index is 0.100. The normalized spacial score (nSPS) is 22.4. The minimum atomic E-state index is -3.60. The average molecular weight is 336 g/mol. The van der Waals surface area contributed by atoms with Crippen molar-refractivity contribution >= 4 is 10.0 Å². The molecule has 1 aromatic heterocycles. The lowest BCUT2D eigenvalue weighted by Crippen LogP contribution is -2.32. The zero-order valence-electron chi connectivity index (χ0n) is 13.1. The average Bonchev–Trinajstić information content (AvgIpc) is 3.13. The largest absolute Gasteiger partial charge is 0.497 e. The Morgan fingerprint density at radius 1 is 1.35 bits per heavy atom. The Morgan fingerprint density at radius 2 is 2.13 bits per heavy atom. The molecule has 0 amide bonds. The molecule has 1 aliphatic heterocycles. The number of hydrogen-bond acceptors (Lipinski definition) is 5. The van der Waals surface area contributed by atoms with E-state index >= 15 is 0 Å². The van der Waals surface area contributed by atoms with Crippen LogP contribution < -0.4 is 10.5 Å². The first kappa shape index (κ1) is 16.0. The summed E-state index contributed by atoms with van der Waals surface area (Å²) in [5.74, 6) is 0.410. The highest BCUT2D eigenvalue weighted by Crippen LogP contribution is 2.30. The van der Waals surface area contributed by atoms with Crippen molar-refractivity contribution in [1.29, 1.82) is 0 Å². The molecule has 0 unspecified atom stereocenters. The molecule has 2 atom stereocenters. The molecule has 0 aliphatic carbocycles. The van der Waals surface area contributed by atoms with Gasteiger partial charge in [-0.1, -0.05) is 6.07 Å². The standard InChI is InChI=1S/C15H20N4O3S/c1-18-9-15(17-10-18)13-7-19(8-14(13)16)23(20,21)12-5-3-4-11(6-12)22-2/h3-6,9-10,13-14H,7-8,16H2,1-2H3/t13-,14-/m1/s1. The monoisotopic (exact) mass is 336 g/mol. The number of aromatic nitrogens is 2. The molecule has 1 saturated heterocycles. The quantitative estimate of drug-likeness (QED) is 0.880. The molecule has 0 radical (unpaired) electrons. The maximum absolute atomic E-state index is 12.8. The molecule has 0 saturated carbocycles. The number of methoxy groups -OCH3 is 1. The van der Waals surface area contributed by atoms with Gasteiger partial charge in [0.15, 0.2) is 0 Å². The van der Waals surface area contributed by atoms with Gasteiger partial charge in [-0.3, -0.25) is 0 Å². The third-order valence-corrected chi connectivity index (χ3v) is 5.94. The summed E-state index contributed by atoms with van der Waals surface area (Å²) in [6.07, 6.45) is 3.58. The first-order valence-corrected chi connectivity index (χ1v) is 8.73. The van der Waals surface area contributed by atoms with E-state index in [-0.39, 0.29) is 23.4 Å². The highest BCUT2D eigenvalue weighted by Gasteiger charge is 2.39. The molecule has 1 aliphatic rings. The van der Waals surface area contributed by atoms with Gasteiger partial charge in [-0.15, -0.1) is 0 Å². The van der Waals surface area contributed by atoms with Crippen molar-refractivity contribution in [2.45, 2.75) is 16.9 Å². The molecule has 1 fully saturated rings. The smallest absolute Gasteiger partial charge is 0.243 e. The summed E-state index contributed by atoms with van der Waals surface area (Å²) in [4.78, 5) is 4.52. The zero-order chi connectivity index (χ0) is 16.6. The van der Waals surface area contributed by atoms with Crippen LogP contribution in [0.3, 0.4) is 0 Å². The van der Waals surface area contributed by atoms with Crippen molar-refractivity contribution in [1.82, 2.24) is 13.9 Å². The van der Waals surface area contributed by atoms with E-state index in [0.717, 1.165) is 5.69 Å². The maximum Gasteiger partial charge on any atom is 0.243 e. The predicted octanol–water partition coefficient (Wildman–Crippen LogP) is 0.544. The Kier molecular flexibility index (Phi) is 4.13. The molecule has 2 aromatic rings. The number of rotatable bonds is 4. The molecule has 124 valence electrons. The van der Waals surface area contributed by atoms with Crippen LogP contribution in [0.1, 0.15) is 11.6 Å². The Balaban J connectivity index is 1.87. The zero-order valence-corrected chi connectivity index (χ0v) is 13.9. The summed E-state index contributed by atoms with van der Waals surface area (Å²) in [5, 5.41) is 0. The van der Waals surface area contributed by atoms with Crippen LogP contribution in [0, 0.1) is 0 Å². The number of aryl methyl sites for hydroxylation is 1. The van der Waals surface area contributed by atoms with E-state index in [1.807, 2.05) is 17.8 Å². The molecular formula is C15H20N4O3S. The second-order valence-corrected chi connectivity index (χ2v) is 7.67. The number of benzene rings is 1. The number of nitrogens with two attached hydrogens (primary N) is 1. The van der Waals surface area contributed by atoms with Crippen LogP contribution in [0.4, 0.5) is 0 Å². The van der Waals surface area contributed by atoms with E-state index in [1.54, 1.807) is 24.5 Å². The summed E-state index contributed by atoms with van der Waals surface area (Å²) in [6.45, 7) is 0.610. The molecule has 3 rings (SSSR count). The summed E-state index contributed by atoms with van der Waals surface area (Å²) >= 11 is 0. The van der Waals surface area contributed by atoms with Gasteiger partial charge in [0.1, 0.15) is 5.75 Å². The number of imidazole rings is 1. The summed E-state index contributed by atoms with van der Waals surface area (Å²) in [5.41, 5.74) is 6.98. The minimum Gasteiger partial charge on any atom is -0.497 e. The fourth-order valence-electron chi connectivity index (χ4n) is 2.84. The van der Waals surface area contributed by atoms with Gasteiger partial charge in [-0.05, 0) is 12.1 Å². The molecule has 2 N–H and O–H groups in total. The van der Waals surface area contributed by atoms with Gasteiger partial charge < -0.3 is 15.0 Å². The van der Waals surface area contributed by atoms with Gasteiger partial charge in [0, 0.05) is 44.4 Å². The second-order valence-electron chi connectivity index (χ2n) is 5.74. The summed E-state index contributed by atoms with van der Waals surface area (Å²) in [6, 6.07) is 6.20. The Bertz CT molecular complexity index is 803. The Labute approximate surface area is 135 Å². The van der Waals surface area contributed by atoms with E-state index in [1.165, 1.54) is 17.5 Å². The maximum atomic E-state index is 12.8. The summed E-state index contributed by atoms with van der Waals surface area (Å²) < 4.78 is 34.0. The van der Waals surface area contributed by atoms with Gasteiger partial charge in [0.25, 0.3) is 0 Å². The molecule has 8 heteroatoms. The lowest BCUT2D eigenvalue weighted by atomic mass is 10.0. The van der Waals surface area contributed by atoms with Crippen molar-refractivity contribution in [3.63, 3.8) is 0 Å². The molecule has 0 spiro atoms. The number of sulfonamides is 1. The third kappa shape index (κ3) is 2.97. The Morgan fingerprint density at radius 3 is 2.78 bits per heavy atom. The Hall–Kier alpha value is -1.90. The molecule has 2 heterocycles. The van der Waals surface area contributed by atoms with E-state index in [0.29, 0.717) is 12.3 Å². The van der Waals surface area contributed by atoms with Crippen molar-refractivity contribution in [3.05, 3.63) is 42.5 Å². The van der Waals surface area contributed by atoms with Crippen LogP contribution in [0.25, 0.3) is 0 Å². The number of hydrogen-bond donors (Lipinski definition) is 1. The fourth-order valence-corrected chi connectivity index (χ4v) is 4.38. The van der Waals surface area contributed by atoms with Crippen LogP contribution in [0.5, 0.6) is 5.75 Å². The summed E-state index contributed by atoms with van der Waals surface area (Å²) in [7, 11) is -0.214.